The Morgan fingerprint density at radius 1 is 1.39 bits per heavy atom. The van der Waals surface area contributed by atoms with Crippen LogP contribution in [0.2, 0.25) is 10.0 Å². The average Bonchev–Trinajstić information content (AvgIpc) is 2.76. The van der Waals surface area contributed by atoms with E-state index in [2.05, 4.69) is 5.32 Å². The highest BCUT2D eigenvalue weighted by Crippen LogP contribution is 2.45. The molecule has 1 saturated heterocycles. The van der Waals surface area contributed by atoms with E-state index >= 15 is 0 Å². The van der Waals surface area contributed by atoms with E-state index in [-0.39, 0.29) is 18.5 Å². The number of methoxy groups -OCH3 is 1. The van der Waals surface area contributed by atoms with E-state index in [0.717, 1.165) is 24.2 Å². The molecular weight excluding hydrogens is 296 g/mol. The Balaban J connectivity index is 0.00000120. The maximum Gasteiger partial charge on any atom is 0.156 e. The molecule has 0 aromatic heterocycles. The Bertz CT molecular complexity index is 467. The zero-order valence-electron chi connectivity index (χ0n) is 9.83. The lowest BCUT2D eigenvalue weighted by Gasteiger charge is -2.29. The van der Waals surface area contributed by atoms with Gasteiger partial charge in [-0.25, -0.2) is 0 Å². The normalized spacial score (nSPS) is 25.1. The van der Waals surface area contributed by atoms with Crippen LogP contribution in [0.15, 0.2) is 6.07 Å². The second-order valence-corrected chi connectivity index (χ2v) is 5.18. The second kappa shape index (κ2) is 5.43. The highest BCUT2D eigenvalue weighted by Gasteiger charge is 2.37. The van der Waals surface area contributed by atoms with Crippen LogP contribution in [-0.4, -0.2) is 26.3 Å². The van der Waals surface area contributed by atoms with Crippen LogP contribution in [0.3, 0.4) is 0 Å². The monoisotopic (exact) mass is 309 g/mol. The molecule has 3 nitrogen and oxygen atoms in total. The number of nitrogens with one attached hydrogen (secondary N) is 1. The van der Waals surface area contributed by atoms with Gasteiger partial charge in [-0.3, -0.25) is 0 Å². The summed E-state index contributed by atoms with van der Waals surface area (Å²) in [5.41, 5.74) is 2.21. The van der Waals surface area contributed by atoms with Gasteiger partial charge in [0.05, 0.1) is 29.9 Å². The van der Waals surface area contributed by atoms with Crippen LogP contribution < -0.4 is 10.1 Å². The predicted molar refractivity (Wildman–Crippen MR) is 74.4 cm³/mol. The maximum atomic E-state index is 6.41. The van der Waals surface area contributed by atoms with E-state index in [1.807, 2.05) is 6.07 Å². The van der Waals surface area contributed by atoms with E-state index < -0.39 is 0 Å². The van der Waals surface area contributed by atoms with Crippen molar-refractivity contribution in [1.82, 2.24) is 5.32 Å². The van der Waals surface area contributed by atoms with Crippen molar-refractivity contribution in [3.63, 3.8) is 0 Å². The van der Waals surface area contributed by atoms with E-state index in [4.69, 9.17) is 32.7 Å². The van der Waals surface area contributed by atoms with E-state index in [1.54, 1.807) is 7.11 Å². The third kappa shape index (κ3) is 2.08. The molecule has 0 spiro atoms. The van der Waals surface area contributed by atoms with Crippen molar-refractivity contribution in [2.24, 2.45) is 0 Å². The molecule has 1 aromatic rings. The van der Waals surface area contributed by atoms with Gasteiger partial charge in [-0.1, -0.05) is 23.2 Å². The Labute approximate surface area is 122 Å². The Morgan fingerprint density at radius 2 is 2.17 bits per heavy atom. The van der Waals surface area contributed by atoms with Crippen molar-refractivity contribution >= 4 is 35.6 Å². The fraction of sp³-hybridized carbons (Fsp3) is 0.500. The minimum atomic E-state index is 0. The lowest BCUT2D eigenvalue weighted by Crippen LogP contribution is -2.27. The summed E-state index contributed by atoms with van der Waals surface area (Å²) in [5, 5.41) is 4.51. The van der Waals surface area contributed by atoms with Crippen molar-refractivity contribution < 1.29 is 9.47 Å². The largest absolute Gasteiger partial charge is 0.494 e. The van der Waals surface area contributed by atoms with E-state index in [9.17, 15) is 0 Å². The average molecular weight is 311 g/mol. The van der Waals surface area contributed by atoms with Gasteiger partial charge in [-0.2, -0.15) is 0 Å². The summed E-state index contributed by atoms with van der Waals surface area (Å²) in [6.07, 6.45) is 0.214. The van der Waals surface area contributed by atoms with Gasteiger partial charge in [0.15, 0.2) is 5.75 Å². The van der Waals surface area contributed by atoms with Gasteiger partial charge in [-0.05, 0) is 17.2 Å². The predicted octanol–water partition coefficient (Wildman–Crippen LogP) is 3.01. The lowest BCUT2D eigenvalue weighted by atomic mass is 9.89. The van der Waals surface area contributed by atoms with Crippen molar-refractivity contribution in [3.05, 3.63) is 27.2 Å². The highest BCUT2D eigenvalue weighted by atomic mass is 35.5. The molecule has 1 fully saturated rings. The van der Waals surface area contributed by atoms with Crippen molar-refractivity contribution in [2.45, 2.75) is 18.6 Å². The molecule has 1 aromatic carbocycles. The Morgan fingerprint density at radius 3 is 2.89 bits per heavy atom. The summed E-state index contributed by atoms with van der Waals surface area (Å²) >= 11 is 12.5. The molecule has 2 aliphatic heterocycles. The SMILES string of the molecule is COc1c(Cl)cc2c(c1Cl)[C@@H]1CNC[C@@H]1OC2.Cl. The van der Waals surface area contributed by atoms with Crippen LogP contribution in [0.5, 0.6) is 5.75 Å². The van der Waals surface area contributed by atoms with Gasteiger partial charge in [-0.15, -0.1) is 12.4 Å². The molecule has 100 valence electrons. The summed E-state index contributed by atoms with van der Waals surface area (Å²) in [6, 6.07) is 1.90. The minimum Gasteiger partial charge on any atom is -0.494 e. The van der Waals surface area contributed by atoms with Gasteiger partial charge in [0.1, 0.15) is 0 Å². The Hall–Kier alpha value is -0.190. The van der Waals surface area contributed by atoms with Crippen molar-refractivity contribution in [3.8, 4) is 5.75 Å². The third-order valence-electron chi connectivity index (χ3n) is 3.49. The topological polar surface area (TPSA) is 30.5 Å². The highest BCUT2D eigenvalue weighted by molar-refractivity contribution is 6.37. The molecule has 0 amide bonds. The zero-order chi connectivity index (χ0) is 12.0. The van der Waals surface area contributed by atoms with Crippen LogP contribution in [-0.2, 0) is 11.3 Å². The van der Waals surface area contributed by atoms with Gasteiger partial charge in [0.25, 0.3) is 0 Å². The first-order chi connectivity index (χ1) is 8.22. The van der Waals surface area contributed by atoms with Crippen LogP contribution in [0.1, 0.15) is 17.0 Å². The first-order valence-electron chi connectivity index (χ1n) is 5.59. The van der Waals surface area contributed by atoms with Crippen molar-refractivity contribution in [1.29, 1.82) is 0 Å². The fourth-order valence-electron chi connectivity index (χ4n) is 2.69. The first kappa shape index (κ1) is 14.2. The zero-order valence-corrected chi connectivity index (χ0v) is 12.2. The number of hydrogen-bond acceptors (Lipinski definition) is 3. The molecule has 0 aliphatic carbocycles. The standard InChI is InChI=1S/C12H13Cl2NO2.ClH/c1-16-12-8(13)2-6-5-17-9-4-15-3-7(9)10(6)11(12)14;/h2,7,9,15H,3-5H2,1H3;1H/t7-,9+;/m1./s1. The molecule has 18 heavy (non-hydrogen) atoms. The number of rotatable bonds is 1. The molecule has 3 rings (SSSR count). The molecule has 6 heteroatoms. The number of halogens is 3. The number of fused-ring (bicyclic) bond motifs is 3. The number of hydrogen-bond donors (Lipinski definition) is 1. The molecule has 0 radical (unpaired) electrons. The fourth-order valence-corrected chi connectivity index (χ4v) is 3.48. The maximum absolute atomic E-state index is 6.41. The molecule has 1 N–H and O–H groups in total. The van der Waals surface area contributed by atoms with E-state index in [0.29, 0.717) is 28.3 Å². The molecule has 2 heterocycles. The molecule has 2 aliphatic rings. The van der Waals surface area contributed by atoms with E-state index in [1.165, 1.54) is 0 Å². The van der Waals surface area contributed by atoms with Crippen LogP contribution >= 0.6 is 35.6 Å². The summed E-state index contributed by atoms with van der Waals surface area (Å²) in [5.74, 6) is 0.872. The summed E-state index contributed by atoms with van der Waals surface area (Å²) in [7, 11) is 1.59. The molecule has 2 atom stereocenters. The molecular formula is C12H14Cl3NO2. The van der Waals surface area contributed by atoms with Crippen molar-refractivity contribution in [2.75, 3.05) is 20.2 Å². The Kier molecular flexibility index (Phi) is 4.29. The number of ether oxygens (including phenoxy) is 2. The van der Waals surface area contributed by atoms with Crippen LogP contribution in [0.4, 0.5) is 0 Å². The van der Waals surface area contributed by atoms with Gasteiger partial charge < -0.3 is 14.8 Å². The molecule has 0 bridgehead atoms. The smallest absolute Gasteiger partial charge is 0.156 e. The second-order valence-electron chi connectivity index (χ2n) is 4.39. The first-order valence-corrected chi connectivity index (χ1v) is 6.35. The van der Waals surface area contributed by atoms with Gasteiger partial charge >= 0.3 is 0 Å². The lowest BCUT2D eigenvalue weighted by molar-refractivity contribution is 0.0299. The summed E-state index contributed by atoms with van der Waals surface area (Å²) in [6.45, 7) is 2.34. The van der Waals surface area contributed by atoms with Crippen LogP contribution in [0, 0.1) is 0 Å². The van der Waals surface area contributed by atoms with Gasteiger partial charge in [0, 0.05) is 19.0 Å². The minimum absolute atomic E-state index is 0. The third-order valence-corrected chi connectivity index (χ3v) is 4.14. The molecule has 0 unspecified atom stereocenters. The van der Waals surface area contributed by atoms with Gasteiger partial charge in [0.2, 0.25) is 0 Å². The molecule has 0 saturated carbocycles. The summed E-state index contributed by atoms with van der Waals surface area (Å²) < 4.78 is 11.1. The quantitative estimate of drug-likeness (QED) is 0.865. The number of benzene rings is 1. The van der Waals surface area contributed by atoms with Crippen LogP contribution in [0.25, 0.3) is 0 Å². The summed E-state index contributed by atoms with van der Waals surface area (Å²) in [4.78, 5) is 0.